The summed E-state index contributed by atoms with van der Waals surface area (Å²) in [4.78, 5) is 14.8. The van der Waals surface area contributed by atoms with Gasteiger partial charge in [-0.25, -0.2) is 0 Å². The first-order valence-electron chi connectivity index (χ1n) is 17.1. The van der Waals surface area contributed by atoms with E-state index in [0.717, 1.165) is 50.1 Å². The Morgan fingerprint density at radius 3 is 1.59 bits per heavy atom. The highest BCUT2D eigenvalue weighted by atomic mass is 32.1. The SMILES string of the molecule is C=C[C@H]1CN2CC[C@H]1C[C@@H]2C(NC(=S)N[C@H](c1ccnc2ccccc12)[C@H]1C[C@@H]2CCN1C[C@@H]2C=C)c1ccnc2ccccc12. The lowest BCUT2D eigenvalue weighted by Crippen LogP contribution is -2.60. The fraction of sp³-hybridized carbons (Fsp3) is 0.410. The van der Waals surface area contributed by atoms with Gasteiger partial charge in [0.25, 0.3) is 0 Å². The summed E-state index contributed by atoms with van der Waals surface area (Å²) in [6.07, 6.45) is 13.0. The average molecular weight is 629 g/mol. The molecule has 3 unspecified atom stereocenters. The molecule has 0 amide bonds. The quantitative estimate of drug-likeness (QED) is 0.164. The molecule has 2 aromatic heterocycles. The minimum Gasteiger partial charge on any atom is -0.354 e. The maximum atomic E-state index is 6.33. The minimum absolute atomic E-state index is 0.0320. The van der Waals surface area contributed by atoms with Gasteiger partial charge in [0, 0.05) is 48.3 Å². The van der Waals surface area contributed by atoms with E-state index in [9.17, 15) is 0 Å². The Morgan fingerprint density at radius 2 is 1.17 bits per heavy atom. The van der Waals surface area contributed by atoms with E-state index >= 15 is 0 Å². The molecule has 0 aliphatic carbocycles. The highest BCUT2D eigenvalue weighted by Gasteiger charge is 2.45. The van der Waals surface area contributed by atoms with Gasteiger partial charge in [0.15, 0.2) is 5.11 Å². The molecule has 6 saturated heterocycles. The topological polar surface area (TPSA) is 56.3 Å². The molecule has 6 aliphatic rings. The molecule has 2 aromatic carbocycles. The number of piperidine rings is 6. The normalized spacial score (nSPS) is 31.3. The number of nitrogens with one attached hydrogen (secondary N) is 2. The van der Waals surface area contributed by atoms with Crippen LogP contribution in [0, 0.1) is 23.7 Å². The van der Waals surface area contributed by atoms with E-state index < -0.39 is 0 Å². The molecule has 236 valence electrons. The van der Waals surface area contributed by atoms with Gasteiger partial charge in [-0.1, -0.05) is 48.6 Å². The van der Waals surface area contributed by atoms with E-state index in [1.54, 1.807) is 0 Å². The van der Waals surface area contributed by atoms with Crippen molar-refractivity contribution in [3.05, 3.63) is 109 Å². The first-order valence-corrected chi connectivity index (χ1v) is 17.5. The van der Waals surface area contributed by atoms with Crippen molar-refractivity contribution >= 4 is 39.1 Å². The van der Waals surface area contributed by atoms with Gasteiger partial charge in [-0.15, -0.1) is 13.2 Å². The smallest absolute Gasteiger partial charge is 0.167 e. The second-order valence-corrected chi connectivity index (χ2v) is 14.3. The van der Waals surface area contributed by atoms with Crippen LogP contribution in [0.2, 0.25) is 0 Å². The van der Waals surface area contributed by atoms with E-state index in [1.165, 1.54) is 34.7 Å². The van der Waals surface area contributed by atoms with Crippen LogP contribution in [0.15, 0.2) is 98.4 Å². The van der Waals surface area contributed by atoms with Gasteiger partial charge in [-0.05, 0) is 110 Å². The van der Waals surface area contributed by atoms with Crippen LogP contribution in [0.1, 0.15) is 48.9 Å². The molecular formula is C39H44N6S. The van der Waals surface area contributed by atoms with E-state index in [4.69, 9.17) is 22.2 Å². The number of hydrogen-bond acceptors (Lipinski definition) is 5. The molecular weight excluding hydrogens is 585 g/mol. The fourth-order valence-corrected chi connectivity index (χ4v) is 9.57. The number of pyridine rings is 2. The molecule has 46 heavy (non-hydrogen) atoms. The summed E-state index contributed by atoms with van der Waals surface area (Å²) in [6.45, 7) is 12.7. The number of benzene rings is 2. The predicted molar refractivity (Wildman–Crippen MR) is 191 cm³/mol. The summed E-state index contributed by atoms with van der Waals surface area (Å²) in [6, 6.07) is 22.2. The summed E-state index contributed by atoms with van der Waals surface area (Å²) in [5.41, 5.74) is 4.58. The molecule has 6 nitrogen and oxygen atoms in total. The second-order valence-electron chi connectivity index (χ2n) is 13.9. The van der Waals surface area contributed by atoms with Crippen LogP contribution in [0.25, 0.3) is 21.8 Å². The molecule has 6 fully saturated rings. The van der Waals surface area contributed by atoms with Crippen LogP contribution in [0.4, 0.5) is 0 Å². The van der Waals surface area contributed by atoms with Gasteiger partial charge < -0.3 is 10.6 Å². The van der Waals surface area contributed by atoms with E-state index in [1.807, 2.05) is 12.4 Å². The Bertz CT molecular complexity index is 1630. The molecule has 0 saturated carbocycles. The number of aromatic nitrogens is 2. The third-order valence-electron chi connectivity index (χ3n) is 11.7. The van der Waals surface area contributed by atoms with Crippen LogP contribution in [-0.2, 0) is 0 Å². The van der Waals surface area contributed by atoms with Gasteiger partial charge in [0.2, 0.25) is 0 Å². The average Bonchev–Trinajstić information content (AvgIpc) is 3.12. The molecule has 7 heteroatoms. The summed E-state index contributed by atoms with van der Waals surface area (Å²) in [5, 5.41) is 11.0. The van der Waals surface area contributed by atoms with Gasteiger partial charge >= 0.3 is 0 Å². The summed E-state index contributed by atoms with van der Waals surface area (Å²) < 4.78 is 0. The number of hydrogen-bond donors (Lipinski definition) is 2. The Balaban J connectivity index is 1.15. The van der Waals surface area contributed by atoms with E-state index in [0.29, 0.717) is 40.9 Å². The monoisotopic (exact) mass is 628 g/mol. The minimum atomic E-state index is 0.0320. The van der Waals surface area contributed by atoms with Crippen molar-refractivity contribution in [2.24, 2.45) is 23.7 Å². The molecule has 0 radical (unpaired) electrons. The standard InChI is InChI=1S/C39H44N6S/c1-3-25-23-44-19-15-27(25)21-35(44)37(31-13-17-40-33-11-7-5-9-29(31)33)42-39(46)43-38(32-14-18-41-34-12-8-6-10-30(32)34)36-22-28-16-20-45(36)24-26(28)4-2/h3-14,17-18,25-28,35-38H,1-2,15-16,19-24H2,(H2,42,43,46)/t25-,26-,27-,28-,35+,36+,37+,38?/m0/s1. The van der Waals surface area contributed by atoms with Crippen molar-refractivity contribution in [1.82, 2.24) is 30.4 Å². The second kappa shape index (κ2) is 12.5. The van der Waals surface area contributed by atoms with Crippen molar-refractivity contribution in [2.75, 3.05) is 26.2 Å². The molecule has 2 N–H and O–H groups in total. The summed E-state index contributed by atoms with van der Waals surface area (Å²) in [5.74, 6) is 2.44. The zero-order valence-corrected chi connectivity index (χ0v) is 27.3. The Labute approximate surface area is 278 Å². The Kier molecular flexibility index (Phi) is 8.09. The highest BCUT2D eigenvalue weighted by molar-refractivity contribution is 7.80. The van der Waals surface area contributed by atoms with Crippen LogP contribution in [-0.4, -0.2) is 63.1 Å². The lowest BCUT2D eigenvalue weighted by Gasteiger charge is -2.52. The summed E-state index contributed by atoms with van der Waals surface area (Å²) >= 11 is 6.33. The molecule has 10 rings (SSSR count). The van der Waals surface area contributed by atoms with Crippen molar-refractivity contribution < 1.29 is 0 Å². The van der Waals surface area contributed by atoms with Crippen molar-refractivity contribution in [3.63, 3.8) is 0 Å². The molecule has 6 aliphatic heterocycles. The van der Waals surface area contributed by atoms with E-state index in [-0.39, 0.29) is 12.1 Å². The third-order valence-corrected chi connectivity index (χ3v) is 11.9. The Morgan fingerprint density at radius 1 is 0.717 bits per heavy atom. The molecule has 8 heterocycles. The molecule has 10 atom stereocenters. The van der Waals surface area contributed by atoms with Crippen LogP contribution in [0.5, 0.6) is 0 Å². The number of thiocarbonyl (C=S) groups is 1. The van der Waals surface area contributed by atoms with Crippen molar-refractivity contribution in [1.29, 1.82) is 0 Å². The van der Waals surface area contributed by atoms with Crippen molar-refractivity contribution in [2.45, 2.75) is 49.9 Å². The number of para-hydroxylation sites is 2. The lowest BCUT2D eigenvalue weighted by molar-refractivity contribution is 0.00189. The highest BCUT2D eigenvalue weighted by Crippen LogP contribution is 2.44. The fourth-order valence-electron chi connectivity index (χ4n) is 9.31. The van der Waals surface area contributed by atoms with Gasteiger partial charge in [0.05, 0.1) is 23.1 Å². The number of fused-ring (bicyclic) bond motifs is 8. The van der Waals surface area contributed by atoms with Crippen LogP contribution in [0.3, 0.4) is 0 Å². The third kappa shape index (κ3) is 5.32. The van der Waals surface area contributed by atoms with Gasteiger partial charge in [-0.2, -0.15) is 0 Å². The predicted octanol–water partition coefficient (Wildman–Crippen LogP) is 6.82. The van der Waals surface area contributed by atoms with Crippen LogP contribution < -0.4 is 10.6 Å². The summed E-state index contributed by atoms with van der Waals surface area (Å²) in [7, 11) is 0. The van der Waals surface area contributed by atoms with Gasteiger partial charge in [0.1, 0.15) is 0 Å². The Hall–Kier alpha value is -3.65. The molecule has 4 bridgehead atoms. The van der Waals surface area contributed by atoms with Gasteiger partial charge in [-0.3, -0.25) is 19.8 Å². The van der Waals surface area contributed by atoms with Crippen molar-refractivity contribution in [3.8, 4) is 0 Å². The zero-order valence-electron chi connectivity index (χ0n) is 26.5. The number of rotatable bonds is 8. The lowest BCUT2D eigenvalue weighted by atomic mass is 9.73. The molecule has 4 aromatic rings. The largest absolute Gasteiger partial charge is 0.354 e. The first-order chi connectivity index (χ1) is 22.6. The maximum absolute atomic E-state index is 6.33. The number of nitrogens with zero attached hydrogens (tertiary/aromatic N) is 4. The van der Waals surface area contributed by atoms with Crippen LogP contribution >= 0.6 is 12.2 Å². The van der Waals surface area contributed by atoms with E-state index in [2.05, 4.69) is 106 Å². The first kappa shape index (κ1) is 29.7. The maximum Gasteiger partial charge on any atom is 0.167 e. The zero-order chi connectivity index (χ0) is 31.2. The molecule has 0 spiro atoms.